The Morgan fingerprint density at radius 1 is 1.00 bits per heavy atom. The van der Waals surface area contributed by atoms with Crippen molar-refractivity contribution < 1.29 is 27.8 Å². The number of benzene rings is 2. The van der Waals surface area contributed by atoms with Crippen LogP contribution in [0.3, 0.4) is 0 Å². The lowest BCUT2D eigenvalue weighted by atomic mass is 9.98. The van der Waals surface area contributed by atoms with E-state index in [2.05, 4.69) is 4.90 Å². The second-order valence-corrected chi connectivity index (χ2v) is 8.28. The molecule has 1 fully saturated rings. The molecule has 3 aromatic rings. The van der Waals surface area contributed by atoms with Crippen LogP contribution in [0.25, 0.3) is 11.0 Å². The Balaban J connectivity index is 1.63. The van der Waals surface area contributed by atoms with Gasteiger partial charge in [-0.05, 0) is 35.9 Å². The van der Waals surface area contributed by atoms with Crippen molar-refractivity contribution >= 4 is 16.9 Å². The third-order valence-electron chi connectivity index (χ3n) is 6.41. The summed E-state index contributed by atoms with van der Waals surface area (Å²) in [7, 11) is 3.06. The quantitative estimate of drug-likeness (QED) is 0.550. The molecule has 0 aliphatic carbocycles. The van der Waals surface area contributed by atoms with Gasteiger partial charge >= 0.3 is 0 Å². The summed E-state index contributed by atoms with van der Waals surface area (Å²) in [6, 6.07) is 8.31. The third-order valence-corrected chi connectivity index (χ3v) is 6.41. The highest BCUT2D eigenvalue weighted by Gasteiger charge is 2.43. The van der Waals surface area contributed by atoms with Crippen LogP contribution in [0.5, 0.6) is 11.5 Å². The van der Waals surface area contributed by atoms with Crippen LogP contribution in [0.15, 0.2) is 45.6 Å². The third kappa shape index (κ3) is 3.80. The maximum Gasteiger partial charge on any atom is 0.290 e. The van der Waals surface area contributed by atoms with E-state index in [0.717, 1.165) is 19.2 Å². The number of halogens is 1. The van der Waals surface area contributed by atoms with E-state index in [0.29, 0.717) is 43.4 Å². The fourth-order valence-corrected chi connectivity index (χ4v) is 4.67. The van der Waals surface area contributed by atoms with Gasteiger partial charge in [0.2, 0.25) is 5.76 Å². The van der Waals surface area contributed by atoms with Crippen molar-refractivity contribution in [2.75, 3.05) is 53.6 Å². The molecule has 0 bridgehead atoms. The summed E-state index contributed by atoms with van der Waals surface area (Å²) in [4.78, 5) is 30.9. The van der Waals surface area contributed by atoms with Crippen LogP contribution in [-0.2, 0) is 4.74 Å². The van der Waals surface area contributed by atoms with Crippen molar-refractivity contribution in [2.45, 2.75) is 6.04 Å². The van der Waals surface area contributed by atoms with Crippen LogP contribution < -0.4 is 14.9 Å². The number of amides is 1. The van der Waals surface area contributed by atoms with E-state index in [1.165, 1.54) is 26.4 Å². The lowest BCUT2D eigenvalue weighted by Gasteiger charge is -2.31. The Labute approximate surface area is 195 Å². The molecule has 2 aliphatic heterocycles. The number of carbonyl (C=O) groups excluding carboxylic acids is 1. The molecule has 0 spiro atoms. The first-order valence-corrected chi connectivity index (χ1v) is 11.1. The minimum absolute atomic E-state index is 0.00845. The van der Waals surface area contributed by atoms with Crippen LogP contribution in [0.2, 0.25) is 0 Å². The molecule has 2 aromatic carbocycles. The van der Waals surface area contributed by atoms with Crippen LogP contribution in [0.4, 0.5) is 4.39 Å². The molecule has 34 heavy (non-hydrogen) atoms. The zero-order valence-electron chi connectivity index (χ0n) is 19.0. The summed E-state index contributed by atoms with van der Waals surface area (Å²) in [6.07, 6.45) is 0. The van der Waals surface area contributed by atoms with E-state index in [9.17, 15) is 14.0 Å². The van der Waals surface area contributed by atoms with Crippen LogP contribution in [-0.4, -0.2) is 69.3 Å². The first kappa shape index (κ1) is 22.4. The van der Waals surface area contributed by atoms with Gasteiger partial charge in [-0.25, -0.2) is 4.39 Å². The summed E-state index contributed by atoms with van der Waals surface area (Å²) >= 11 is 0. The molecule has 5 rings (SSSR count). The Morgan fingerprint density at radius 3 is 2.50 bits per heavy atom. The fourth-order valence-electron chi connectivity index (χ4n) is 4.67. The lowest BCUT2D eigenvalue weighted by molar-refractivity contribution is 0.0314. The zero-order valence-corrected chi connectivity index (χ0v) is 19.0. The van der Waals surface area contributed by atoms with Gasteiger partial charge in [0.25, 0.3) is 5.91 Å². The second-order valence-electron chi connectivity index (χ2n) is 8.28. The lowest BCUT2D eigenvalue weighted by Crippen LogP contribution is -2.42. The molecule has 1 atom stereocenters. The largest absolute Gasteiger partial charge is 0.493 e. The highest BCUT2D eigenvalue weighted by atomic mass is 19.1. The molecule has 8 nitrogen and oxygen atoms in total. The molecule has 0 radical (unpaired) electrons. The minimum atomic E-state index is -0.702. The van der Waals surface area contributed by atoms with Gasteiger partial charge in [-0.3, -0.25) is 14.5 Å². The first-order valence-electron chi connectivity index (χ1n) is 11.1. The summed E-state index contributed by atoms with van der Waals surface area (Å²) in [5.41, 5.74) is 0.643. The Hall–Kier alpha value is -3.43. The predicted molar refractivity (Wildman–Crippen MR) is 122 cm³/mol. The van der Waals surface area contributed by atoms with E-state index in [-0.39, 0.29) is 28.2 Å². The van der Waals surface area contributed by atoms with E-state index in [1.807, 2.05) is 0 Å². The number of nitrogens with zero attached hydrogens (tertiary/aromatic N) is 2. The average Bonchev–Trinajstić information content (AvgIpc) is 3.15. The topological polar surface area (TPSA) is 81.5 Å². The Bertz CT molecular complexity index is 1300. The van der Waals surface area contributed by atoms with Gasteiger partial charge in [0.1, 0.15) is 11.4 Å². The van der Waals surface area contributed by atoms with Gasteiger partial charge in [0.15, 0.2) is 16.9 Å². The molecule has 178 valence electrons. The number of carbonyl (C=O) groups is 1. The molecule has 0 unspecified atom stereocenters. The molecule has 1 amide bonds. The van der Waals surface area contributed by atoms with Gasteiger partial charge in [0, 0.05) is 26.2 Å². The Morgan fingerprint density at radius 2 is 1.76 bits per heavy atom. The highest BCUT2D eigenvalue weighted by molar-refractivity contribution is 5.99. The van der Waals surface area contributed by atoms with Crippen molar-refractivity contribution in [1.29, 1.82) is 0 Å². The number of hydrogen-bond acceptors (Lipinski definition) is 7. The minimum Gasteiger partial charge on any atom is -0.493 e. The normalized spacial score (nSPS) is 18.4. The van der Waals surface area contributed by atoms with E-state index in [4.69, 9.17) is 18.6 Å². The molecular formula is C25H25FN2O6. The summed E-state index contributed by atoms with van der Waals surface area (Å²) in [5.74, 6) is 0.0849. The van der Waals surface area contributed by atoms with Crippen molar-refractivity contribution in [2.24, 2.45) is 0 Å². The number of ether oxygens (including phenoxy) is 3. The standard InChI is InChI=1S/C25H25FN2O6/c1-31-19-5-3-15(13-20(19)32-2)22-21-23(29)17-14-16(26)4-6-18(17)34-24(21)25(30)28(22)8-7-27-9-11-33-12-10-27/h3-6,13-14,22H,7-12H2,1-2H3/t22-/m1/s1. The van der Waals surface area contributed by atoms with Gasteiger partial charge < -0.3 is 23.5 Å². The monoisotopic (exact) mass is 468 g/mol. The smallest absolute Gasteiger partial charge is 0.290 e. The number of rotatable bonds is 6. The molecule has 0 N–H and O–H groups in total. The van der Waals surface area contributed by atoms with Crippen LogP contribution >= 0.6 is 0 Å². The SMILES string of the molecule is COc1ccc([C@@H]2c3c(oc4ccc(F)cc4c3=O)C(=O)N2CCN2CCOCC2)cc1OC. The highest BCUT2D eigenvalue weighted by Crippen LogP contribution is 2.40. The van der Waals surface area contributed by atoms with E-state index >= 15 is 0 Å². The second kappa shape index (κ2) is 9.08. The number of hydrogen-bond donors (Lipinski definition) is 0. The summed E-state index contributed by atoms with van der Waals surface area (Å²) in [5, 5.41) is 0.104. The summed E-state index contributed by atoms with van der Waals surface area (Å²) in [6.45, 7) is 3.84. The Kier molecular flexibility index (Phi) is 5.97. The molecule has 1 aromatic heterocycles. The summed E-state index contributed by atoms with van der Waals surface area (Å²) < 4.78 is 36.0. The fraction of sp³-hybridized carbons (Fsp3) is 0.360. The van der Waals surface area contributed by atoms with Crippen LogP contribution in [0.1, 0.15) is 27.7 Å². The van der Waals surface area contributed by atoms with Crippen molar-refractivity contribution in [3.8, 4) is 11.5 Å². The van der Waals surface area contributed by atoms with Gasteiger partial charge in [-0.15, -0.1) is 0 Å². The molecule has 0 saturated carbocycles. The zero-order chi connectivity index (χ0) is 23.8. The molecule has 1 saturated heterocycles. The maximum absolute atomic E-state index is 13.9. The number of morpholine rings is 1. The molecule has 9 heteroatoms. The van der Waals surface area contributed by atoms with Gasteiger partial charge in [-0.1, -0.05) is 6.07 Å². The van der Waals surface area contributed by atoms with Crippen LogP contribution in [0, 0.1) is 5.82 Å². The van der Waals surface area contributed by atoms with Gasteiger partial charge in [-0.2, -0.15) is 0 Å². The first-order chi connectivity index (χ1) is 16.5. The molecule has 3 heterocycles. The van der Waals surface area contributed by atoms with Crippen molar-refractivity contribution in [3.05, 3.63) is 69.3 Å². The van der Waals surface area contributed by atoms with Gasteiger partial charge in [0.05, 0.1) is 44.4 Å². The van der Waals surface area contributed by atoms with E-state index < -0.39 is 17.3 Å². The van der Waals surface area contributed by atoms with Crippen molar-refractivity contribution in [1.82, 2.24) is 9.80 Å². The molecular weight excluding hydrogens is 443 g/mol. The maximum atomic E-state index is 13.9. The van der Waals surface area contributed by atoms with Crippen molar-refractivity contribution in [3.63, 3.8) is 0 Å². The number of fused-ring (bicyclic) bond motifs is 2. The number of methoxy groups -OCH3 is 2. The van der Waals surface area contributed by atoms with E-state index in [1.54, 1.807) is 23.1 Å². The average molecular weight is 468 g/mol. The molecule has 2 aliphatic rings. The predicted octanol–water partition coefficient (Wildman–Crippen LogP) is 2.83.